The summed E-state index contributed by atoms with van der Waals surface area (Å²) >= 11 is 1.61. The van der Waals surface area contributed by atoms with Gasteiger partial charge < -0.3 is 20.5 Å². The van der Waals surface area contributed by atoms with Crippen LogP contribution < -0.4 is 20.5 Å². The predicted octanol–water partition coefficient (Wildman–Crippen LogP) is 4.96. The number of hydrogen-bond acceptors (Lipinski definition) is 8. The fraction of sp³-hybridized carbons (Fsp3) is 0.240. The lowest BCUT2D eigenvalue weighted by Crippen LogP contribution is -2.33. The average Bonchev–Trinajstić information content (AvgIpc) is 3.29. The quantitative estimate of drug-likeness (QED) is 0.395. The zero-order valence-corrected chi connectivity index (χ0v) is 19.1. The maximum absolute atomic E-state index is 13.6. The molecule has 9 heteroatoms. The summed E-state index contributed by atoms with van der Waals surface area (Å²) in [7, 11) is 0. The monoisotopic (exact) mass is 476 g/mol. The van der Waals surface area contributed by atoms with Crippen molar-refractivity contribution in [3.8, 4) is 11.5 Å². The van der Waals surface area contributed by atoms with Gasteiger partial charge in [-0.25, -0.2) is 0 Å². The molecule has 34 heavy (non-hydrogen) atoms. The third-order valence-electron chi connectivity index (χ3n) is 6.16. The van der Waals surface area contributed by atoms with Gasteiger partial charge in [-0.15, -0.1) is 11.3 Å². The van der Waals surface area contributed by atoms with Crippen LogP contribution in [-0.4, -0.2) is 17.3 Å². The summed E-state index contributed by atoms with van der Waals surface area (Å²) in [4.78, 5) is 25.6. The van der Waals surface area contributed by atoms with Crippen molar-refractivity contribution < 1.29 is 19.6 Å². The highest BCUT2D eigenvalue weighted by Gasteiger charge is 2.40. The topological polar surface area (TPSA) is 117 Å². The van der Waals surface area contributed by atoms with Gasteiger partial charge in [0.05, 0.1) is 34.9 Å². The second-order valence-electron chi connectivity index (χ2n) is 8.24. The lowest BCUT2D eigenvalue weighted by atomic mass is 9.78. The van der Waals surface area contributed by atoms with Crippen molar-refractivity contribution in [2.24, 2.45) is 5.92 Å². The van der Waals surface area contributed by atoms with Gasteiger partial charge in [0.2, 0.25) is 0 Å². The van der Waals surface area contributed by atoms with Crippen LogP contribution in [0.25, 0.3) is 0 Å². The molecule has 8 nitrogen and oxygen atoms in total. The Morgan fingerprint density at radius 3 is 2.68 bits per heavy atom. The number of nitrogens with zero attached hydrogens (tertiary/aromatic N) is 1. The van der Waals surface area contributed by atoms with Crippen LogP contribution in [0.15, 0.2) is 65.7 Å². The zero-order valence-electron chi connectivity index (χ0n) is 18.3. The normalized spacial score (nSPS) is 21.3. The number of nitro benzene ring substituents is 1. The number of Topliss-reactive ketones (excluding diaryl/α,β-unsaturated/α-hetero) is 1. The van der Waals surface area contributed by atoms with E-state index in [1.807, 2.05) is 41.8 Å². The van der Waals surface area contributed by atoms with Crippen molar-refractivity contribution in [2.45, 2.75) is 25.3 Å². The average molecular weight is 477 g/mol. The molecule has 2 aromatic carbocycles. The molecule has 3 aromatic rings. The van der Waals surface area contributed by atoms with E-state index in [4.69, 9.17) is 4.74 Å². The first-order valence-corrected chi connectivity index (χ1v) is 11.9. The number of carbonyl (C=O) groups is 1. The van der Waals surface area contributed by atoms with E-state index >= 15 is 0 Å². The van der Waals surface area contributed by atoms with E-state index in [0.29, 0.717) is 12.0 Å². The molecular formula is C25H22N3O5S-. The van der Waals surface area contributed by atoms with Gasteiger partial charge in [0, 0.05) is 34.7 Å². The molecule has 0 amide bonds. The highest BCUT2D eigenvalue weighted by Crippen LogP contribution is 2.47. The Morgan fingerprint density at radius 1 is 1.18 bits per heavy atom. The summed E-state index contributed by atoms with van der Waals surface area (Å²) in [5.74, 6) is -1.51. The molecule has 3 atom stereocenters. The summed E-state index contributed by atoms with van der Waals surface area (Å²) in [6.07, 6.45) is 2.40. The van der Waals surface area contributed by atoms with Gasteiger partial charge >= 0.3 is 0 Å². The van der Waals surface area contributed by atoms with Crippen LogP contribution in [0.4, 0.5) is 17.1 Å². The van der Waals surface area contributed by atoms with E-state index in [-0.39, 0.29) is 24.1 Å². The smallest absolute Gasteiger partial charge is 0.265 e. The van der Waals surface area contributed by atoms with Crippen molar-refractivity contribution in [3.05, 3.63) is 86.2 Å². The Morgan fingerprint density at radius 2 is 1.97 bits per heavy atom. The molecule has 5 rings (SSSR count). The Kier molecular flexibility index (Phi) is 5.70. The number of ketones is 1. The predicted molar refractivity (Wildman–Crippen MR) is 128 cm³/mol. The third-order valence-corrected chi connectivity index (χ3v) is 7.16. The van der Waals surface area contributed by atoms with Crippen LogP contribution in [0.5, 0.6) is 11.5 Å². The summed E-state index contributed by atoms with van der Waals surface area (Å²) in [5.41, 5.74) is 2.19. The lowest BCUT2D eigenvalue weighted by Gasteiger charge is -2.32. The highest BCUT2D eigenvalue weighted by molar-refractivity contribution is 7.10. The van der Waals surface area contributed by atoms with Crippen molar-refractivity contribution in [1.82, 2.24) is 0 Å². The largest absolute Gasteiger partial charge is 0.865 e. The molecule has 2 aliphatic rings. The maximum Gasteiger partial charge on any atom is 0.265 e. The highest BCUT2D eigenvalue weighted by atomic mass is 32.1. The number of thiophene rings is 1. The molecule has 1 aromatic heterocycles. The van der Waals surface area contributed by atoms with Crippen LogP contribution in [-0.2, 0) is 4.79 Å². The number of para-hydroxylation sites is 2. The molecule has 0 bridgehead atoms. The van der Waals surface area contributed by atoms with E-state index in [2.05, 4.69) is 16.7 Å². The maximum atomic E-state index is 13.6. The molecule has 0 fully saturated rings. The van der Waals surface area contributed by atoms with Crippen LogP contribution in [0, 0.1) is 16.0 Å². The van der Waals surface area contributed by atoms with Gasteiger partial charge in [0.1, 0.15) is 11.5 Å². The Bertz CT molecular complexity index is 1290. The Hall–Kier alpha value is -3.85. The van der Waals surface area contributed by atoms with E-state index in [1.165, 1.54) is 12.1 Å². The van der Waals surface area contributed by atoms with E-state index in [0.717, 1.165) is 21.9 Å². The summed E-state index contributed by atoms with van der Waals surface area (Å²) in [6, 6.07) is 13.7. The molecule has 0 spiro atoms. The lowest BCUT2D eigenvalue weighted by molar-refractivity contribution is -0.398. The van der Waals surface area contributed by atoms with Crippen LogP contribution in [0.3, 0.4) is 0 Å². The standard InChI is InChI=1S/C25H23N3O5S/c1-2-33-21-13-15(11-19(25(21)30)28(31)32)24-23-18(26-16-6-3-4-7-17(16)27-24)10-14(12-20(23)29)22-8-5-9-34-22/h3-11,13-14,23-24,26-27,30H,2,12H2,1H3/p-1/t14-,23-,24-/m0/s1. The van der Waals surface area contributed by atoms with E-state index in [9.17, 15) is 20.0 Å². The zero-order chi connectivity index (χ0) is 23.8. The van der Waals surface area contributed by atoms with Crippen LogP contribution >= 0.6 is 11.3 Å². The minimum Gasteiger partial charge on any atom is -0.865 e. The number of fused-ring (bicyclic) bond motifs is 2. The van der Waals surface area contributed by atoms with Crippen LogP contribution in [0.1, 0.15) is 35.7 Å². The second-order valence-corrected chi connectivity index (χ2v) is 9.22. The molecule has 174 valence electrons. The summed E-state index contributed by atoms with van der Waals surface area (Å²) in [6.45, 7) is 1.90. The van der Waals surface area contributed by atoms with Crippen molar-refractivity contribution in [1.29, 1.82) is 0 Å². The molecule has 0 radical (unpaired) electrons. The first kappa shape index (κ1) is 22.0. The number of anilines is 2. The second kappa shape index (κ2) is 8.83. The molecule has 0 saturated carbocycles. The van der Waals surface area contributed by atoms with Gasteiger partial charge in [-0.3, -0.25) is 14.9 Å². The van der Waals surface area contributed by atoms with Gasteiger partial charge in [0.15, 0.2) is 0 Å². The Labute approximate surface area is 200 Å². The SMILES string of the molecule is CCOc1cc([C@@H]2Nc3ccccc3NC3=C[C@H](c4cccs4)CC(=O)[C@H]32)cc([N+](=O)[O-])c1[O-]. The van der Waals surface area contributed by atoms with Crippen molar-refractivity contribution >= 4 is 34.2 Å². The first-order valence-electron chi connectivity index (χ1n) is 11.0. The van der Waals surface area contributed by atoms with Crippen molar-refractivity contribution in [3.63, 3.8) is 0 Å². The molecular weight excluding hydrogens is 454 g/mol. The van der Waals surface area contributed by atoms with Gasteiger partial charge in [-0.1, -0.05) is 24.3 Å². The molecule has 2 N–H and O–H groups in total. The number of nitro groups is 1. The number of benzene rings is 2. The number of allylic oxidation sites excluding steroid dienone is 1. The fourth-order valence-corrected chi connectivity index (χ4v) is 5.45. The van der Waals surface area contributed by atoms with Gasteiger partial charge in [-0.05, 0) is 42.1 Å². The van der Waals surface area contributed by atoms with Gasteiger partial charge in [0.25, 0.3) is 5.69 Å². The van der Waals surface area contributed by atoms with Crippen LogP contribution in [0.2, 0.25) is 0 Å². The minimum absolute atomic E-state index is 0.0144. The molecule has 1 aliphatic heterocycles. The number of hydrogen-bond donors (Lipinski definition) is 2. The van der Waals surface area contributed by atoms with Gasteiger partial charge in [-0.2, -0.15) is 0 Å². The first-order chi connectivity index (χ1) is 16.5. The van der Waals surface area contributed by atoms with E-state index < -0.39 is 28.3 Å². The third kappa shape index (κ3) is 3.88. The Balaban J connectivity index is 1.67. The molecule has 0 unspecified atom stereocenters. The number of rotatable bonds is 5. The molecule has 0 saturated heterocycles. The minimum atomic E-state index is -0.772. The number of nitrogens with one attached hydrogen (secondary N) is 2. The fourth-order valence-electron chi connectivity index (χ4n) is 4.65. The van der Waals surface area contributed by atoms with Crippen molar-refractivity contribution in [2.75, 3.05) is 17.2 Å². The summed E-state index contributed by atoms with van der Waals surface area (Å²) < 4.78 is 5.43. The molecule has 2 heterocycles. The number of carbonyl (C=O) groups excluding carboxylic acids is 1. The molecule has 1 aliphatic carbocycles. The van der Waals surface area contributed by atoms with E-state index in [1.54, 1.807) is 18.3 Å². The summed E-state index contributed by atoms with van der Waals surface area (Å²) in [5, 5.41) is 33.0. The number of ether oxygens (including phenoxy) is 1.